The Labute approximate surface area is 180 Å². The number of aliphatic hydroxyl groups excluding tert-OH is 1. The van der Waals surface area contributed by atoms with Gasteiger partial charge in [-0.15, -0.1) is 0 Å². The molecular formula is C22H30O9. The molecule has 31 heavy (non-hydrogen) atoms. The van der Waals surface area contributed by atoms with Gasteiger partial charge in [-0.25, -0.2) is 0 Å². The fraction of sp³-hybridized carbons (Fsp3) is 0.909. The minimum absolute atomic E-state index is 0.0432. The lowest BCUT2D eigenvalue weighted by molar-refractivity contribution is -0.532. The zero-order chi connectivity index (χ0) is 22.2. The summed E-state index contributed by atoms with van der Waals surface area (Å²) < 4.78 is 23.6. The molecule has 0 radical (unpaired) electrons. The van der Waals surface area contributed by atoms with E-state index < -0.39 is 70.0 Å². The second kappa shape index (κ2) is 5.69. The average Bonchev–Trinajstić information content (AvgIpc) is 3.26. The van der Waals surface area contributed by atoms with Crippen molar-refractivity contribution >= 4 is 11.8 Å². The predicted molar refractivity (Wildman–Crippen MR) is 101 cm³/mol. The number of ether oxygens (including phenoxy) is 4. The third kappa shape index (κ3) is 1.90. The highest BCUT2D eigenvalue weighted by Gasteiger charge is 2.92. The fourth-order valence-electron chi connectivity index (χ4n) is 7.96. The Balaban J connectivity index is 1.61. The molecular weight excluding hydrogens is 408 g/mol. The normalized spacial score (nSPS) is 59.7. The molecule has 172 valence electrons. The summed E-state index contributed by atoms with van der Waals surface area (Å²) in [5, 5.41) is 35.6. The van der Waals surface area contributed by atoms with Gasteiger partial charge in [0.1, 0.15) is 17.8 Å². The second-order valence-corrected chi connectivity index (χ2v) is 10.7. The van der Waals surface area contributed by atoms with Crippen molar-refractivity contribution in [3.05, 3.63) is 0 Å². The number of carbonyl (C=O) groups is 2. The van der Waals surface area contributed by atoms with E-state index in [1.165, 1.54) is 0 Å². The van der Waals surface area contributed by atoms with Crippen LogP contribution in [0.5, 0.6) is 0 Å². The molecule has 7 aliphatic rings. The Morgan fingerprint density at radius 1 is 1.29 bits per heavy atom. The molecule has 3 unspecified atom stereocenters. The van der Waals surface area contributed by atoms with Gasteiger partial charge >= 0.3 is 5.97 Å². The summed E-state index contributed by atoms with van der Waals surface area (Å²) in [5.41, 5.74) is -2.66. The number of hydrogen-bond donors (Lipinski definition) is 3. The maximum Gasteiger partial charge on any atom is 0.315 e. The number of hydrogen-bond acceptors (Lipinski definition) is 9. The molecule has 0 amide bonds. The molecule has 2 saturated carbocycles. The number of ketones is 1. The van der Waals surface area contributed by atoms with Crippen molar-refractivity contribution in [1.82, 2.24) is 0 Å². The van der Waals surface area contributed by atoms with Gasteiger partial charge in [0.15, 0.2) is 17.2 Å². The summed E-state index contributed by atoms with van der Waals surface area (Å²) in [4.78, 5) is 26.7. The van der Waals surface area contributed by atoms with E-state index in [0.717, 1.165) is 0 Å². The molecule has 5 aliphatic heterocycles. The number of aliphatic hydroxyl groups is 3. The Bertz CT molecular complexity index is 869. The molecule has 0 aromatic heterocycles. The van der Waals surface area contributed by atoms with Crippen LogP contribution >= 0.6 is 0 Å². The van der Waals surface area contributed by atoms with E-state index in [1.807, 2.05) is 6.92 Å². The molecule has 5 saturated heterocycles. The molecule has 0 aromatic rings. The van der Waals surface area contributed by atoms with Crippen molar-refractivity contribution in [3.63, 3.8) is 0 Å². The second-order valence-electron chi connectivity index (χ2n) is 10.7. The number of rotatable bonds is 3. The predicted octanol–water partition coefficient (Wildman–Crippen LogP) is 0.0908. The molecule has 2 aliphatic carbocycles. The number of esters is 1. The van der Waals surface area contributed by atoms with Crippen LogP contribution in [0, 0.1) is 35.0 Å². The number of carbonyl (C=O) groups excluding carboxylic acids is 2. The van der Waals surface area contributed by atoms with Crippen molar-refractivity contribution < 1.29 is 43.9 Å². The van der Waals surface area contributed by atoms with Crippen LogP contribution in [0.4, 0.5) is 0 Å². The van der Waals surface area contributed by atoms with E-state index in [2.05, 4.69) is 0 Å². The Morgan fingerprint density at radius 2 is 2.03 bits per heavy atom. The van der Waals surface area contributed by atoms with Gasteiger partial charge in [0, 0.05) is 29.6 Å². The smallest absolute Gasteiger partial charge is 0.315 e. The van der Waals surface area contributed by atoms with Crippen LogP contribution < -0.4 is 0 Å². The summed E-state index contributed by atoms with van der Waals surface area (Å²) in [6.07, 6.45) is 0.633. The minimum Gasteiger partial charge on any atom is -0.453 e. The Kier molecular flexibility index (Phi) is 3.76. The topological polar surface area (TPSA) is 132 Å². The minimum atomic E-state index is -2.26. The zero-order valence-corrected chi connectivity index (χ0v) is 18.0. The van der Waals surface area contributed by atoms with Crippen molar-refractivity contribution in [3.8, 4) is 0 Å². The van der Waals surface area contributed by atoms with Gasteiger partial charge in [-0.1, -0.05) is 13.8 Å². The fourth-order valence-corrected chi connectivity index (χ4v) is 7.96. The molecule has 5 heterocycles. The molecule has 7 rings (SSSR count). The lowest BCUT2D eigenvalue weighted by Crippen LogP contribution is -2.89. The molecule has 9 heteroatoms. The van der Waals surface area contributed by atoms with Gasteiger partial charge in [0.2, 0.25) is 5.79 Å². The van der Waals surface area contributed by atoms with Crippen LogP contribution in [-0.4, -0.2) is 69.4 Å². The van der Waals surface area contributed by atoms with Crippen LogP contribution in [-0.2, 0) is 28.5 Å². The van der Waals surface area contributed by atoms with Gasteiger partial charge in [-0.05, 0) is 26.2 Å². The van der Waals surface area contributed by atoms with E-state index in [4.69, 9.17) is 18.9 Å². The summed E-state index contributed by atoms with van der Waals surface area (Å²) in [7, 11) is 0. The summed E-state index contributed by atoms with van der Waals surface area (Å²) in [6, 6.07) is 0. The molecule has 11 atom stereocenters. The highest BCUT2D eigenvalue weighted by molar-refractivity contribution is 5.88. The first-order valence-electron chi connectivity index (χ1n) is 11.4. The van der Waals surface area contributed by atoms with Gasteiger partial charge in [-0.3, -0.25) is 9.59 Å². The zero-order valence-electron chi connectivity index (χ0n) is 18.0. The molecule has 0 aromatic carbocycles. The molecule has 7 fully saturated rings. The van der Waals surface area contributed by atoms with Crippen molar-refractivity contribution in [1.29, 1.82) is 0 Å². The van der Waals surface area contributed by atoms with Gasteiger partial charge in [-0.2, -0.15) is 0 Å². The van der Waals surface area contributed by atoms with Crippen LogP contribution in [0.2, 0.25) is 0 Å². The van der Waals surface area contributed by atoms with Gasteiger partial charge < -0.3 is 34.3 Å². The quantitative estimate of drug-likeness (QED) is 0.525. The molecule has 3 N–H and O–H groups in total. The largest absolute Gasteiger partial charge is 0.453 e. The summed E-state index contributed by atoms with van der Waals surface area (Å²) >= 11 is 0. The van der Waals surface area contributed by atoms with Crippen LogP contribution in [0.1, 0.15) is 46.5 Å². The van der Waals surface area contributed by atoms with Crippen molar-refractivity contribution in [2.75, 3.05) is 13.2 Å². The van der Waals surface area contributed by atoms with Crippen LogP contribution in [0.25, 0.3) is 0 Å². The monoisotopic (exact) mass is 438 g/mol. The van der Waals surface area contributed by atoms with Crippen molar-refractivity contribution in [2.45, 2.75) is 75.5 Å². The van der Waals surface area contributed by atoms with Crippen LogP contribution in [0.15, 0.2) is 0 Å². The van der Waals surface area contributed by atoms with Gasteiger partial charge in [0.25, 0.3) is 0 Å². The first kappa shape index (κ1) is 20.5. The lowest BCUT2D eigenvalue weighted by Gasteiger charge is -2.75. The first-order valence-corrected chi connectivity index (χ1v) is 11.4. The SMILES string of the molecule is CCC(C)C(=O)C1[C@@]23C[C@@H]4[C@@H]5C(=O)O[C@@]4(C)C(O)(O[C@]15O)[C@@H]2CO[C@]1(CCCO1)[C@@H]3O. The standard InChI is InChI=1S/C22H30O9/c1-4-10(2)14(23)15-19-8-11-13-16(24)30-18(11,3)22(27,31-21(13,15)26)12(19)9-29-20(17(19)25)6-5-7-28-20/h10-13,15,17,25-27H,4-9H2,1-3H3/t10?,11-,12-,13-,15?,17-,18-,19-,20-,21+,22?/m1/s1. The Hall–Kier alpha value is -1.10. The maximum absolute atomic E-state index is 13.8. The van der Waals surface area contributed by atoms with Gasteiger partial charge in [0.05, 0.1) is 19.1 Å². The lowest BCUT2D eigenvalue weighted by atomic mass is 9.38. The van der Waals surface area contributed by atoms with E-state index in [0.29, 0.717) is 25.9 Å². The highest BCUT2D eigenvalue weighted by Crippen LogP contribution is 2.77. The third-order valence-electron chi connectivity index (χ3n) is 9.62. The third-order valence-corrected chi connectivity index (χ3v) is 9.62. The van der Waals surface area contributed by atoms with E-state index >= 15 is 0 Å². The summed E-state index contributed by atoms with van der Waals surface area (Å²) in [6.45, 7) is 5.62. The maximum atomic E-state index is 13.8. The molecule has 6 bridgehead atoms. The van der Waals surface area contributed by atoms with E-state index in [-0.39, 0.29) is 18.8 Å². The molecule has 2 spiro atoms. The Morgan fingerprint density at radius 3 is 2.68 bits per heavy atom. The highest BCUT2D eigenvalue weighted by atomic mass is 16.8. The van der Waals surface area contributed by atoms with E-state index in [9.17, 15) is 24.9 Å². The first-order chi connectivity index (χ1) is 14.5. The van der Waals surface area contributed by atoms with Crippen LogP contribution in [0.3, 0.4) is 0 Å². The van der Waals surface area contributed by atoms with Crippen molar-refractivity contribution in [2.24, 2.45) is 35.0 Å². The summed E-state index contributed by atoms with van der Waals surface area (Å²) in [5.74, 6) is -10.8. The van der Waals surface area contributed by atoms with E-state index in [1.54, 1.807) is 13.8 Å². The molecule has 9 nitrogen and oxygen atoms in total. The average molecular weight is 438 g/mol. The number of Topliss-reactive ketones (excluding diaryl/α,β-unsaturated/α-hetero) is 1.